The van der Waals surface area contributed by atoms with E-state index in [1.54, 1.807) is 0 Å². The van der Waals surface area contributed by atoms with Crippen LogP contribution in [0.25, 0.3) is 0 Å². The molecular weight excluding hydrogens is 502 g/mol. The number of carbonyl (C=O) groups excluding carboxylic acids is 3. The largest absolute Gasteiger partial charge is 0.450 e. The van der Waals surface area contributed by atoms with Gasteiger partial charge in [-0.2, -0.15) is 24.9 Å². The number of piperidine rings is 1. The van der Waals surface area contributed by atoms with Gasteiger partial charge in [0.05, 0.1) is 5.75 Å². The lowest BCUT2D eigenvalue weighted by Crippen LogP contribution is -2.48. The van der Waals surface area contributed by atoms with Gasteiger partial charge in [0, 0.05) is 21.7 Å². The van der Waals surface area contributed by atoms with Crippen molar-refractivity contribution in [2.45, 2.75) is 37.9 Å². The van der Waals surface area contributed by atoms with Crippen LogP contribution in [0.3, 0.4) is 0 Å². The summed E-state index contributed by atoms with van der Waals surface area (Å²) < 4.78 is 36.9. The van der Waals surface area contributed by atoms with Crippen LogP contribution in [-0.4, -0.2) is 66.4 Å². The zero-order valence-corrected chi connectivity index (χ0v) is 20.3. The minimum atomic E-state index is -4.85. The number of Topliss-reactive ketones (excluding diaryl/α,β-unsaturated/α-hetero) is 1. The maximum absolute atomic E-state index is 12.9. The van der Waals surface area contributed by atoms with Crippen molar-refractivity contribution in [2.75, 3.05) is 37.0 Å². The van der Waals surface area contributed by atoms with Crippen molar-refractivity contribution in [3.63, 3.8) is 0 Å². The number of amides is 2. The topological polar surface area (TPSA) is 78.5 Å². The molecule has 1 fully saturated rings. The number of thioether (sulfide) groups is 1. The Morgan fingerprint density at radius 3 is 2.33 bits per heavy atom. The molecule has 0 aliphatic carbocycles. The SMILES string of the molecule is CN1CCC(C(=O)N[C@@H](CCCSCC(=O)C(F)(F)F)C(=O)Nc2cc(Cl)cc(Cl)c2)CC1. The molecule has 2 amide bonds. The first kappa shape index (κ1) is 27.8. The third-order valence-corrected chi connectivity index (χ3v) is 6.66. The van der Waals surface area contributed by atoms with Gasteiger partial charge in [0.1, 0.15) is 6.04 Å². The maximum atomic E-state index is 12.9. The number of benzene rings is 1. The van der Waals surface area contributed by atoms with Crippen molar-refractivity contribution in [3.05, 3.63) is 28.2 Å². The van der Waals surface area contributed by atoms with Crippen LogP contribution in [0.5, 0.6) is 0 Å². The van der Waals surface area contributed by atoms with Gasteiger partial charge < -0.3 is 15.5 Å². The fraction of sp³-hybridized carbons (Fsp3) is 0.571. The van der Waals surface area contributed by atoms with Crippen LogP contribution in [-0.2, 0) is 14.4 Å². The lowest BCUT2D eigenvalue weighted by Gasteiger charge is -2.29. The molecule has 0 bridgehead atoms. The van der Waals surface area contributed by atoms with Gasteiger partial charge in [-0.3, -0.25) is 14.4 Å². The van der Waals surface area contributed by atoms with E-state index in [0.717, 1.165) is 24.9 Å². The van der Waals surface area contributed by atoms with Gasteiger partial charge in [-0.25, -0.2) is 0 Å². The number of likely N-dealkylation sites (tertiary alicyclic amines) is 1. The fourth-order valence-electron chi connectivity index (χ4n) is 3.32. The maximum Gasteiger partial charge on any atom is 0.450 e. The van der Waals surface area contributed by atoms with Crippen molar-refractivity contribution in [1.82, 2.24) is 10.2 Å². The van der Waals surface area contributed by atoms with E-state index in [9.17, 15) is 27.6 Å². The molecule has 0 spiro atoms. The van der Waals surface area contributed by atoms with Gasteiger partial charge in [-0.05, 0) is 69.8 Å². The van der Waals surface area contributed by atoms with Crippen molar-refractivity contribution >= 4 is 58.2 Å². The summed E-state index contributed by atoms with van der Waals surface area (Å²) in [5.41, 5.74) is 0.362. The minimum Gasteiger partial charge on any atom is -0.344 e. The van der Waals surface area contributed by atoms with E-state index < -0.39 is 29.7 Å². The highest BCUT2D eigenvalue weighted by Gasteiger charge is 2.37. The van der Waals surface area contributed by atoms with Gasteiger partial charge in [0.2, 0.25) is 17.6 Å². The summed E-state index contributed by atoms with van der Waals surface area (Å²) in [5, 5.41) is 6.12. The molecule has 1 aromatic rings. The highest BCUT2D eigenvalue weighted by atomic mass is 35.5. The molecule has 1 saturated heterocycles. The van der Waals surface area contributed by atoms with Crippen molar-refractivity contribution in [1.29, 1.82) is 0 Å². The predicted molar refractivity (Wildman–Crippen MR) is 125 cm³/mol. The Hall–Kier alpha value is -1.49. The number of nitrogens with one attached hydrogen (secondary N) is 2. The zero-order chi connectivity index (χ0) is 24.6. The van der Waals surface area contributed by atoms with E-state index in [0.29, 0.717) is 35.0 Å². The lowest BCUT2D eigenvalue weighted by molar-refractivity contribution is -0.167. The first-order valence-electron chi connectivity index (χ1n) is 10.4. The van der Waals surface area contributed by atoms with Crippen LogP contribution >= 0.6 is 35.0 Å². The van der Waals surface area contributed by atoms with Gasteiger partial charge >= 0.3 is 6.18 Å². The molecule has 2 rings (SSSR count). The number of alkyl halides is 3. The molecule has 2 N–H and O–H groups in total. The number of anilines is 1. The smallest absolute Gasteiger partial charge is 0.344 e. The molecule has 0 saturated carbocycles. The van der Waals surface area contributed by atoms with Gasteiger partial charge in [0.25, 0.3) is 0 Å². The normalized spacial score (nSPS) is 16.3. The number of halogens is 5. The van der Waals surface area contributed by atoms with E-state index >= 15 is 0 Å². The number of rotatable bonds is 10. The van der Waals surface area contributed by atoms with E-state index in [1.165, 1.54) is 18.2 Å². The predicted octanol–water partition coefficient (Wildman–Crippen LogP) is 4.40. The quantitative estimate of drug-likeness (QED) is 0.441. The Bertz CT molecular complexity index is 830. The number of carbonyl (C=O) groups is 3. The number of hydrogen-bond donors (Lipinski definition) is 2. The van der Waals surface area contributed by atoms with Crippen molar-refractivity contribution in [3.8, 4) is 0 Å². The molecule has 0 aromatic heterocycles. The molecule has 1 heterocycles. The minimum absolute atomic E-state index is 0.200. The molecule has 33 heavy (non-hydrogen) atoms. The monoisotopic (exact) mass is 527 g/mol. The van der Waals surface area contributed by atoms with Crippen LogP contribution < -0.4 is 10.6 Å². The summed E-state index contributed by atoms with van der Waals surface area (Å²) in [7, 11) is 1.97. The Balaban J connectivity index is 1.96. The van der Waals surface area contributed by atoms with Crippen LogP contribution in [0.1, 0.15) is 25.7 Å². The standard InChI is InChI=1S/C21H26Cl2F3N3O3S/c1-29-6-4-13(5-7-29)19(31)28-17(3-2-8-33-12-18(30)21(24,25)26)20(32)27-16-10-14(22)9-15(23)11-16/h9-11,13,17H,2-8,12H2,1H3,(H,27,32)(H,28,31)/t17-/m0/s1. The molecule has 1 aliphatic rings. The second-order valence-corrected chi connectivity index (χ2v) is 9.88. The molecule has 1 aliphatic heterocycles. The van der Waals surface area contributed by atoms with Crippen LogP contribution in [0.2, 0.25) is 10.0 Å². The summed E-state index contributed by atoms with van der Waals surface area (Å²) in [5.74, 6) is -3.16. The van der Waals surface area contributed by atoms with Crippen LogP contribution in [0.15, 0.2) is 18.2 Å². The summed E-state index contributed by atoms with van der Waals surface area (Å²) in [6, 6.07) is 3.64. The zero-order valence-electron chi connectivity index (χ0n) is 18.0. The highest BCUT2D eigenvalue weighted by molar-refractivity contribution is 7.99. The third-order valence-electron chi connectivity index (χ3n) is 5.18. The van der Waals surface area contributed by atoms with Crippen molar-refractivity contribution in [2.24, 2.45) is 5.92 Å². The molecule has 1 atom stereocenters. The number of hydrogen-bond acceptors (Lipinski definition) is 5. The van der Waals surface area contributed by atoms with Gasteiger partial charge in [-0.1, -0.05) is 23.2 Å². The third kappa shape index (κ3) is 9.72. The average molecular weight is 528 g/mol. The summed E-state index contributed by atoms with van der Waals surface area (Å²) in [4.78, 5) is 38.7. The summed E-state index contributed by atoms with van der Waals surface area (Å²) in [6.45, 7) is 1.56. The van der Waals surface area contributed by atoms with E-state index in [-0.39, 0.29) is 24.0 Å². The Morgan fingerprint density at radius 2 is 1.76 bits per heavy atom. The number of ketones is 1. The first-order valence-corrected chi connectivity index (χ1v) is 12.3. The molecule has 1 aromatic carbocycles. The molecule has 0 radical (unpaired) electrons. The molecule has 6 nitrogen and oxygen atoms in total. The Morgan fingerprint density at radius 1 is 1.15 bits per heavy atom. The van der Waals surface area contributed by atoms with E-state index in [2.05, 4.69) is 15.5 Å². The molecule has 184 valence electrons. The van der Waals surface area contributed by atoms with Gasteiger partial charge in [-0.15, -0.1) is 0 Å². The van der Waals surface area contributed by atoms with E-state index in [1.807, 2.05) is 7.05 Å². The molecule has 0 unspecified atom stereocenters. The highest BCUT2D eigenvalue weighted by Crippen LogP contribution is 2.23. The lowest BCUT2D eigenvalue weighted by atomic mass is 9.95. The van der Waals surface area contributed by atoms with Gasteiger partial charge in [0.15, 0.2) is 0 Å². The van der Waals surface area contributed by atoms with Crippen molar-refractivity contribution < 1.29 is 27.6 Å². The number of nitrogens with zero attached hydrogens (tertiary/aromatic N) is 1. The Kier molecular flexibility index (Phi) is 10.8. The molecular formula is C21H26Cl2F3N3O3S. The first-order chi connectivity index (χ1) is 15.5. The second-order valence-electron chi connectivity index (χ2n) is 7.90. The van der Waals surface area contributed by atoms with Crippen LogP contribution in [0.4, 0.5) is 18.9 Å². The average Bonchev–Trinajstić information content (AvgIpc) is 2.71. The molecule has 12 heteroatoms. The van der Waals surface area contributed by atoms with Crippen LogP contribution in [0, 0.1) is 5.92 Å². The second kappa shape index (κ2) is 12.8. The fourth-order valence-corrected chi connectivity index (χ4v) is 4.71. The summed E-state index contributed by atoms with van der Waals surface area (Å²) in [6.07, 6.45) is -2.97. The van der Waals surface area contributed by atoms with E-state index in [4.69, 9.17) is 23.2 Å². The summed E-state index contributed by atoms with van der Waals surface area (Å²) >= 11 is 12.8. The Labute approximate surface area is 204 Å².